The van der Waals surface area contributed by atoms with Crippen LogP contribution in [0.5, 0.6) is 5.75 Å². The van der Waals surface area contributed by atoms with Gasteiger partial charge in [0.15, 0.2) is 5.60 Å². The van der Waals surface area contributed by atoms with Crippen LogP contribution < -0.4 is 5.43 Å². The summed E-state index contributed by atoms with van der Waals surface area (Å²) in [7, 11) is 0. The van der Waals surface area contributed by atoms with Gasteiger partial charge in [-0.15, -0.1) is 0 Å². The number of hydrogen-bond acceptors (Lipinski definition) is 4. The molecule has 0 bridgehead atoms. The van der Waals surface area contributed by atoms with Crippen molar-refractivity contribution in [2.24, 2.45) is 5.10 Å². The number of amides is 1. The first-order valence-electron chi connectivity index (χ1n) is 8.50. The number of hydrazone groups is 1. The maximum Gasteiger partial charge on any atom is 0.281 e. The van der Waals surface area contributed by atoms with Gasteiger partial charge in [0.1, 0.15) is 5.75 Å². The molecule has 0 saturated heterocycles. The lowest BCUT2D eigenvalue weighted by Crippen LogP contribution is -2.43. The summed E-state index contributed by atoms with van der Waals surface area (Å²) in [5.74, 6) is -0.621. The first kappa shape index (κ1) is 18.4. The minimum atomic E-state index is -1.90. The van der Waals surface area contributed by atoms with E-state index in [1.54, 1.807) is 79.7 Å². The molecule has 0 saturated carbocycles. The first-order valence-corrected chi connectivity index (χ1v) is 8.50. The summed E-state index contributed by atoms with van der Waals surface area (Å²) >= 11 is 0. The molecule has 0 fully saturated rings. The van der Waals surface area contributed by atoms with Gasteiger partial charge in [0, 0.05) is 5.56 Å². The molecule has 0 atom stereocenters. The minimum absolute atomic E-state index is 0.0642. The van der Waals surface area contributed by atoms with Crippen molar-refractivity contribution in [3.05, 3.63) is 102 Å². The van der Waals surface area contributed by atoms with E-state index < -0.39 is 11.5 Å². The Morgan fingerprint density at radius 1 is 0.852 bits per heavy atom. The van der Waals surface area contributed by atoms with Crippen LogP contribution in [0.2, 0.25) is 0 Å². The standard InChI is InChI=1S/C22H20N2O3/c1-16(19-14-8-9-15-20(19)25)23-24-21(26)22(27,17-10-4-2-5-11-17)18-12-6-3-7-13-18/h2-15,25,27H,1H3,(H,24,26)/b23-16+. The predicted molar refractivity (Wildman–Crippen MR) is 104 cm³/mol. The Kier molecular flexibility index (Phi) is 5.33. The highest BCUT2D eigenvalue weighted by Gasteiger charge is 2.39. The van der Waals surface area contributed by atoms with Gasteiger partial charge in [-0.2, -0.15) is 5.10 Å². The number of para-hydroxylation sites is 1. The zero-order valence-corrected chi connectivity index (χ0v) is 14.8. The van der Waals surface area contributed by atoms with E-state index in [9.17, 15) is 15.0 Å². The van der Waals surface area contributed by atoms with E-state index in [-0.39, 0.29) is 5.75 Å². The van der Waals surface area contributed by atoms with Crippen LogP contribution in [0, 0.1) is 0 Å². The Morgan fingerprint density at radius 2 is 1.33 bits per heavy atom. The number of hydrogen-bond donors (Lipinski definition) is 3. The molecule has 3 aromatic carbocycles. The van der Waals surface area contributed by atoms with Gasteiger partial charge in [-0.25, -0.2) is 5.43 Å². The minimum Gasteiger partial charge on any atom is -0.507 e. The monoisotopic (exact) mass is 360 g/mol. The Balaban J connectivity index is 1.95. The van der Waals surface area contributed by atoms with Crippen LogP contribution >= 0.6 is 0 Å². The molecule has 3 aromatic rings. The van der Waals surface area contributed by atoms with Crippen molar-refractivity contribution < 1.29 is 15.0 Å². The Bertz CT molecular complexity index is 914. The molecule has 0 spiro atoms. The number of carbonyl (C=O) groups is 1. The molecular weight excluding hydrogens is 340 g/mol. The smallest absolute Gasteiger partial charge is 0.281 e. The lowest BCUT2D eigenvalue weighted by atomic mass is 9.85. The molecule has 136 valence electrons. The average Bonchev–Trinajstić information content (AvgIpc) is 2.72. The fourth-order valence-corrected chi connectivity index (χ4v) is 2.84. The Hall–Kier alpha value is -3.44. The fraction of sp³-hybridized carbons (Fsp3) is 0.0909. The summed E-state index contributed by atoms with van der Waals surface area (Å²) in [4.78, 5) is 13.0. The van der Waals surface area contributed by atoms with Gasteiger partial charge < -0.3 is 10.2 Å². The van der Waals surface area contributed by atoms with Gasteiger partial charge in [0.2, 0.25) is 0 Å². The first-order chi connectivity index (χ1) is 13.0. The van der Waals surface area contributed by atoms with E-state index in [2.05, 4.69) is 10.5 Å². The van der Waals surface area contributed by atoms with Gasteiger partial charge >= 0.3 is 0 Å². The molecule has 0 radical (unpaired) electrons. The lowest BCUT2D eigenvalue weighted by Gasteiger charge is -2.27. The number of carbonyl (C=O) groups excluding carboxylic acids is 1. The number of phenolic OH excluding ortho intramolecular Hbond substituents is 1. The van der Waals surface area contributed by atoms with Crippen LogP contribution in [-0.2, 0) is 10.4 Å². The molecule has 27 heavy (non-hydrogen) atoms. The van der Waals surface area contributed by atoms with Crippen LogP contribution in [0.1, 0.15) is 23.6 Å². The van der Waals surface area contributed by atoms with Gasteiger partial charge in [-0.1, -0.05) is 72.8 Å². The summed E-state index contributed by atoms with van der Waals surface area (Å²) < 4.78 is 0. The Morgan fingerprint density at radius 3 is 1.85 bits per heavy atom. The van der Waals surface area contributed by atoms with Crippen molar-refractivity contribution in [3.63, 3.8) is 0 Å². The summed E-state index contributed by atoms with van der Waals surface area (Å²) in [5, 5.41) is 25.3. The zero-order valence-electron chi connectivity index (χ0n) is 14.8. The third kappa shape index (κ3) is 3.73. The zero-order chi connectivity index (χ0) is 19.3. The van der Waals surface area contributed by atoms with E-state index in [0.717, 1.165) is 0 Å². The lowest BCUT2D eigenvalue weighted by molar-refractivity contribution is -0.136. The van der Waals surface area contributed by atoms with Crippen LogP contribution in [0.3, 0.4) is 0 Å². The summed E-state index contributed by atoms with van der Waals surface area (Å²) in [5.41, 5.74) is 2.33. The van der Waals surface area contributed by atoms with Crippen LogP contribution in [0.25, 0.3) is 0 Å². The van der Waals surface area contributed by atoms with Crippen LogP contribution in [-0.4, -0.2) is 21.8 Å². The molecule has 0 unspecified atom stereocenters. The number of rotatable bonds is 5. The van der Waals surface area contributed by atoms with Crippen molar-refractivity contribution in [2.45, 2.75) is 12.5 Å². The number of nitrogens with zero attached hydrogens (tertiary/aromatic N) is 1. The number of nitrogens with one attached hydrogen (secondary N) is 1. The van der Waals surface area contributed by atoms with Gasteiger partial charge in [0.25, 0.3) is 5.91 Å². The topological polar surface area (TPSA) is 81.9 Å². The second kappa shape index (κ2) is 7.85. The molecular formula is C22H20N2O3. The molecule has 1 amide bonds. The molecule has 5 nitrogen and oxygen atoms in total. The largest absolute Gasteiger partial charge is 0.507 e. The van der Waals surface area contributed by atoms with Crippen molar-refractivity contribution >= 4 is 11.6 Å². The summed E-state index contributed by atoms with van der Waals surface area (Å²) in [6, 6.07) is 24.1. The molecule has 3 N–H and O–H groups in total. The number of aliphatic hydroxyl groups is 1. The van der Waals surface area contributed by atoms with Crippen molar-refractivity contribution in [2.75, 3.05) is 0 Å². The van der Waals surface area contributed by atoms with E-state index in [1.165, 1.54) is 0 Å². The molecule has 5 heteroatoms. The molecule has 0 aliphatic rings. The highest BCUT2D eigenvalue weighted by molar-refractivity contribution is 6.02. The normalized spacial score (nSPS) is 11.9. The van der Waals surface area contributed by atoms with Gasteiger partial charge in [-0.3, -0.25) is 4.79 Å². The molecule has 3 rings (SSSR count). The quantitative estimate of drug-likeness (QED) is 0.483. The van der Waals surface area contributed by atoms with Gasteiger partial charge in [0.05, 0.1) is 5.71 Å². The highest BCUT2D eigenvalue weighted by Crippen LogP contribution is 2.30. The summed E-state index contributed by atoms with van der Waals surface area (Å²) in [6.07, 6.45) is 0. The van der Waals surface area contributed by atoms with E-state index >= 15 is 0 Å². The fourth-order valence-electron chi connectivity index (χ4n) is 2.84. The second-order valence-electron chi connectivity index (χ2n) is 6.10. The highest BCUT2D eigenvalue weighted by atomic mass is 16.3. The second-order valence-corrected chi connectivity index (χ2v) is 6.10. The molecule has 0 aromatic heterocycles. The van der Waals surface area contributed by atoms with E-state index in [1.807, 2.05) is 12.1 Å². The third-order valence-electron chi connectivity index (χ3n) is 4.33. The number of aromatic hydroxyl groups is 1. The maximum atomic E-state index is 13.0. The molecule has 0 aliphatic carbocycles. The number of benzene rings is 3. The SMILES string of the molecule is C/C(=N\NC(=O)C(O)(c1ccccc1)c1ccccc1)c1ccccc1O. The maximum absolute atomic E-state index is 13.0. The van der Waals surface area contributed by atoms with Crippen molar-refractivity contribution in [1.29, 1.82) is 0 Å². The Labute approximate surface area is 157 Å². The third-order valence-corrected chi connectivity index (χ3v) is 4.33. The molecule has 0 aliphatic heterocycles. The average molecular weight is 360 g/mol. The van der Waals surface area contributed by atoms with Gasteiger partial charge in [-0.05, 0) is 30.2 Å². The predicted octanol–water partition coefficient (Wildman–Crippen LogP) is 3.17. The van der Waals surface area contributed by atoms with Crippen LogP contribution in [0.15, 0.2) is 90.0 Å². The van der Waals surface area contributed by atoms with Crippen molar-refractivity contribution in [3.8, 4) is 5.75 Å². The summed E-state index contributed by atoms with van der Waals surface area (Å²) in [6.45, 7) is 1.67. The van der Waals surface area contributed by atoms with E-state index in [0.29, 0.717) is 22.4 Å². The van der Waals surface area contributed by atoms with Crippen LogP contribution in [0.4, 0.5) is 0 Å². The van der Waals surface area contributed by atoms with E-state index in [4.69, 9.17) is 0 Å². The molecule has 0 heterocycles. The number of phenols is 1. The van der Waals surface area contributed by atoms with Crippen molar-refractivity contribution in [1.82, 2.24) is 5.43 Å².